The summed E-state index contributed by atoms with van der Waals surface area (Å²) in [5, 5.41) is 9.95. The zero-order valence-electron chi connectivity index (χ0n) is 14.7. The van der Waals surface area contributed by atoms with E-state index in [9.17, 15) is 5.11 Å². The third kappa shape index (κ3) is 2.14. The first-order chi connectivity index (χ1) is 10.5. The van der Waals surface area contributed by atoms with E-state index in [1.165, 1.54) is 44.9 Å². The quantitative estimate of drug-likeness (QED) is 0.661. The number of hydrogen-bond acceptors (Lipinski definition) is 1. The zero-order chi connectivity index (χ0) is 15.5. The molecule has 22 heavy (non-hydrogen) atoms. The third-order valence-corrected chi connectivity index (χ3v) is 8.31. The average molecular weight is 303 g/mol. The second kappa shape index (κ2) is 5.36. The second-order valence-electron chi connectivity index (χ2n) is 9.44. The first-order valence-electron chi connectivity index (χ1n) is 9.89. The van der Waals surface area contributed by atoms with Crippen LogP contribution in [-0.2, 0) is 0 Å². The smallest absolute Gasteiger partial charge is 0.0723 e. The van der Waals surface area contributed by atoms with Gasteiger partial charge in [0, 0.05) is 0 Å². The van der Waals surface area contributed by atoms with E-state index in [0.717, 1.165) is 41.9 Å². The van der Waals surface area contributed by atoms with Gasteiger partial charge >= 0.3 is 0 Å². The topological polar surface area (TPSA) is 20.2 Å². The van der Waals surface area contributed by atoms with Crippen LogP contribution < -0.4 is 0 Å². The molecule has 3 saturated carbocycles. The van der Waals surface area contributed by atoms with Crippen LogP contribution in [0, 0.1) is 40.9 Å². The molecule has 4 aliphatic rings. The van der Waals surface area contributed by atoms with Crippen molar-refractivity contribution in [3.05, 3.63) is 11.6 Å². The summed E-state index contributed by atoms with van der Waals surface area (Å²) in [5.74, 6) is 5.56. The van der Waals surface area contributed by atoms with Crippen LogP contribution in [0.2, 0.25) is 0 Å². The molecule has 1 heteroatoms. The van der Waals surface area contributed by atoms with Crippen LogP contribution in [0.25, 0.3) is 0 Å². The monoisotopic (exact) mass is 302 g/mol. The average Bonchev–Trinajstić information content (AvgIpc) is 2.84. The first-order valence-corrected chi connectivity index (χ1v) is 9.89. The highest BCUT2D eigenvalue weighted by Crippen LogP contribution is 2.64. The summed E-state index contributed by atoms with van der Waals surface area (Å²) in [5.41, 5.74) is 2.26. The number of hydrogen-bond donors (Lipinski definition) is 1. The molecule has 0 aromatic heterocycles. The van der Waals surface area contributed by atoms with E-state index < -0.39 is 0 Å². The Labute approximate surface area is 136 Å². The summed E-state index contributed by atoms with van der Waals surface area (Å²) in [6, 6.07) is 0. The van der Waals surface area contributed by atoms with Crippen molar-refractivity contribution < 1.29 is 5.11 Å². The van der Waals surface area contributed by atoms with Gasteiger partial charge in [0.15, 0.2) is 0 Å². The van der Waals surface area contributed by atoms with E-state index in [0.29, 0.717) is 5.41 Å². The van der Waals surface area contributed by atoms with Crippen molar-refractivity contribution in [2.75, 3.05) is 0 Å². The van der Waals surface area contributed by atoms with E-state index in [-0.39, 0.29) is 6.10 Å². The SMILES string of the molecule is CC(C)[C@H]1CCC2C3CCC4=CC(O)CCC4C3CC[C@@]21C. The number of rotatable bonds is 1. The van der Waals surface area contributed by atoms with Gasteiger partial charge in [0.2, 0.25) is 0 Å². The van der Waals surface area contributed by atoms with Crippen LogP contribution in [0.3, 0.4) is 0 Å². The van der Waals surface area contributed by atoms with Crippen LogP contribution in [0.5, 0.6) is 0 Å². The van der Waals surface area contributed by atoms with Gasteiger partial charge < -0.3 is 5.11 Å². The van der Waals surface area contributed by atoms with E-state index in [1.807, 2.05) is 0 Å². The van der Waals surface area contributed by atoms with E-state index in [4.69, 9.17) is 0 Å². The predicted octanol–water partition coefficient (Wildman–Crippen LogP) is 5.19. The van der Waals surface area contributed by atoms with Gasteiger partial charge in [0.25, 0.3) is 0 Å². The Bertz CT molecular complexity index is 465. The molecule has 7 atom stereocenters. The van der Waals surface area contributed by atoms with Gasteiger partial charge in [0.05, 0.1) is 6.10 Å². The van der Waals surface area contributed by atoms with Crippen molar-refractivity contribution >= 4 is 0 Å². The van der Waals surface area contributed by atoms with E-state index >= 15 is 0 Å². The molecule has 3 fully saturated rings. The molecule has 5 unspecified atom stereocenters. The van der Waals surface area contributed by atoms with Gasteiger partial charge in [-0.2, -0.15) is 0 Å². The van der Waals surface area contributed by atoms with Crippen molar-refractivity contribution in [2.24, 2.45) is 40.9 Å². The molecule has 1 nitrogen and oxygen atoms in total. The minimum absolute atomic E-state index is 0.145. The van der Waals surface area contributed by atoms with E-state index in [1.54, 1.807) is 5.57 Å². The zero-order valence-corrected chi connectivity index (χ0v) is 14.7. The standard InChI is InChI=1S/C21H34O/c1-13(2)19-8-9-20-18-6-4-14-12-15(22)5-7-16(14)17(18)10-11-21(19,20)3/h12-13,15-20,22H,4-11H2,1-3H3/t15?,16?,17?,18?,19-,20?,21-/m1/s1. The van der Waals surface area contributed by atoms with Crippen LogP contribution in [0.4, 0.5) is 0 Å². The Morgan fingerprint density at radius 3 is 2.64 bits per heavy atom. The molecule has 0 aliphatic heterocycles. The van der Waals surface area contributed by atoms with Crippen molar-refractivity contribution in [1.29, 1.82) is 0 Å². The van der Waals surface area contributed by atoms with Gasteiger partial charge in [-0.25, -0.2) is 0 Å². The maximum Gasteiger partial charge on any atom is 0.0723 e. The Kier molecular flexibility index (Phi) is 3.72. The summed E-state index contributed by atoms with van der Waals surface area (Å²) in [6.45, 7) is 7.55. The summed E-state index contributed by atoms with van der Waals surface area (Å²) in [7, 11) is 0. The lowest BCUT2D eigenvalue weighted by molar-refractivity contribution is -0.0328. The molecule has 124 valence electrons. The fourth-order valence-electron chi connectivity index (χ4n) is 7.45. The molecule has 0 amide bonds. The predicted molar refractivity (Wildman–Crippen MR) is 91.4 cm³/mol. The molecule has 0 spiro atoms. The van der Waals surface area contributed by atoms with Crippen LogP contribution in [-0.4, -0.2) is 11.2 Å². The van der Waals surface area contributed by atoms with Crippen LogP contribution in [0.15, 0.2) is 11.6 Å². The summed E-state index contributed by atoms with van der Waals surface area (Å²) < 4.78 is 0. The molecule has 4 aliphatic carbocycles. The van der Waals surface area contributed by atoms with Gasteiger partial charge in [-0.1, -0.05) is 32.4 Å². The molecule has 0 saturated heterocycles. The van der Waals surface area contributed by atoms with Crippen molar-refractivity contribution in [2.45, 2.75) is 78.2 Å². The highest BCUT2D eigenvalue weighted by Gasteiger charge is 2.56. The Hall–Kier alpha value is -0.300. The van der Waals surface area contributed by atoms with Gasteiger partial charge in [-0.3, -0.25) is 0 Å². The first kappa shape index (κ1) is 15.2. The summed E-state index contributed by atoms with van der Waals surface area (Å²) in [4.78, 5) is 0. The van der Waals surface area contributed by atoms with Gasteiger partial charge in [-0.15, -0.1) is 0 Å². The van der Waals surface area contributed by atoms with Crippen LogP contribution >= 0.6 is 0 Å². The molecule has 0 bridgehead atoms. The highest BCUT2D eigenvalue weighted by molar-refractivity contribution is 5.20. The summed E-state index contributed by atoms with van der Waals surface area (Å²) in [6.07, 6.45) is 12.9. The number of aliphatic hydroxyl groups is 1. The van der Waals surface area contributed by atoms with Gasteiger partial charge in [-0.05, 0) is 92.3 Å². The Morgan fingerprint density at radius 1 is 1.05 bits per heavy atom. The van der Waals surface area contributed by atoms with Crippen molar-refractivity contribution in [3.8, 4) is 0 Å². The molecule has 0 heterocycles. The largest absolute Gasteiger partial charge is 0.389 e. The lowest BCUT2D eigenvalue weighted by Gasteiger charge is -2.54. The minimum Gasteiger partial charge on any atom is -0.389 e. The van der Waals surface area contributed by atoms with E-state index in [2.05, 4.69) is 26.8 Å². The summed E-state index contributed by atoms with van der Waals surface area (Å²) >= 11 is 0. The third-order valence-electron chi connectivity index (χ3n) is 8.31. The fourth-order valence-corrected chi connectivity index (χ4v) is 7.45. The molecule has 0 aromatic rings. The van der Waals surface area contributed by atoms with Crippen LogP contribution in [0.1, 0.15) is 72.1 Å². The number of aliphatic hydroxyl groups excluding tert-OH is 1. The second-order valence-corrected chi connectivity index (χ2v) is 9.44. The molecular formula is C21H34O. The Balaban J connectivity index is 1.59. The maximum absolute atomic E-state index is 9.95. The molecule has 0 aromatic carbocycles. The number of allylic oxidation sites excluding steroid dienone is 1. The molecule has 0 radical (unpaired) electrons. The van der Waals surface area contributed by atoms with Gasteiger partial charge in [0.1, 0.15) is 0 Å². The number of fused-ring (bicyclic) bond motifs is 5. The lowest BCUT2D eigenvalue weighted by Crippen LogP contribution is -2.47. The van der Waals surface area contributed by atoms with Crippen molar-refractivity contribution in [3.63, 3.8) is 0 Å². The lowest BCUT2D eigenvalue weighted by atomic mass is 9.50. The minimum atomic E-state index is -0.145. The Morgan fingerprint density at radius 2 is 1.86 bits per heavy atom. The molecule has 4 rings (SSSR count). The van der Waals surface area contributed by atoms with Crippen molar-refractivity contribution in [1.82, 2.24) is 0 Å². The fraction of sp³-hybridized carbons (Fsp3) is 0.905. The normalized spacial score (nSPS) is 51.0. The molecule has 1 N–H and O–H groups in total. The maximum atomic E-state index is 9.95. The highest BCUT2D eigenvalue weighted by atomic mass is 16.3. The molecular weight excluding hydrogens is 268 g/mol.